The first-order chi connectivity index (χ1) is 13.9. The van der Waals surface area contributed by atoms with Gasteiger partial charge in [0.15, 0.2) is 0 Å². The van der Waals surface area contributed by atoms with Gasteiger partial charge in [-0.3, -0.25) is 9.48 Å². The molecule has 0 aliphatic heterocycles. The van der Waals surface area contributed by atoms with Crippen molar-refractivity contribution in [3.05, 3.63) is 81.9 Å². The molecule has 0 radical (unpaired) electrons. The molecule has 1 heterocycles. The van der Waals surface area contributed by atoms with Gasteiger partial charge < -0.3 is 9.47 Å². The second-order valence-corrected chi connectivity index (χ2v) is 6.84. The van der Waals surface area contributed by atoms with Gasteiger partial charge in [-0.25, -0.2) is 4.39 Å². The molecule has 0 aliphatic rings. The predicted octanol–water partition coefficient (Wildman–Crippen LogP) is 5.00. The second-order valence-electron chi connectivity index (χ2n) is 6.43. The summed E-state index contributed by atoms with van der Waals surface area (Å²) in [5, 5.41) is 4.18. The minimum atomic E-state index is -0.503. The molecule has 150 valence electrons. The summed E-state index contributed by atoms with van der Waals surface area (Å²) >= 11 is 5.79. The Morgan fingerprint density at radius 1 is 1.24 bits per heavy atom. The number of halogens is 2. The smallest absolute Gasteiger partial charge is 0.203 e. The highest BCUT2D eigenvalue weighted by Crippen LogP contribution is 2.25. The van der Waals surface area contributed by atoms with Crippen LogP contribution in [0.5, 0.6) is 11.5 Å². The van der Waals surface area contributed by atoms with E-state index < -0.39 is 5.82 Å². The highest BCUT2D eigenvalue weighted by Gasteiger charge is 2.10. The van der Waals surface area contributed by atoms with Gasteiger partial charge in [0.05, 0.1) is 17.8 Å². The Bertz CT molecular complexity index is 1080. The molecule has 0 atom stereocenters. The molecule has 5 nitrogen and oxygen atoms in total. The highest BCUT2D eigenvalue weighted by atomic mass is 35.5. The van der Waals surface area contributed by atoms with Crippen LogP contribution in [-0.2, 0) is 13.7 Å². The number of ketones is 1. The lowest BCUT2D eigenvalue weighted by atomic mass is 10.1. The van der Waals surface area contributed by atoms with Gasteiger partial charge in [0, 0.05) is 18.7 Å². The van der Waals surface area contributed by atoms with Crippen molar-refractivity contribution >= 4 is 23.5 Å². The van der Waals surface area contributed by atoms with Crippen LogP contribution in [0.25, 0.3) is 6.08 Å². The maximum atomic E-state index is 13.3. The Balaban J connectivity index is 1.76. The first kappa shape index (κ1) is 20.6. The van der Waals surface area contributed by atoms with Crippen LogP contribution in [0.2, 0.25) is 5.02 Å². The molecule has 0 bridgehead atoms. The third-order valence-corrected chi connectivity index (χ3v) is 4.56. The molecule has 3 rings (SSSR count). The molecule has 0 aliphatic carbocycles. The fourth-order valence-corrected chi connectivity index (χ4v) is 3.01. The lowest BCUT2D eigenvalue weighted by molar-refractivity contribution is 0.103. The quantitative estimate of drug-likeness (QED) is 0.403. The van der Waals surface area contributed by atoms with E-state index in [1.54, 1.807) is 37.0 Å². The molecule has 0 saturated heterocycles. The number of methoxy groups -OCH3 is 1. The zero-order valence-electron chi connectivity index (χ0n) is 16.3. The van der Waals surface area contributed by atoms with Crippen LogP contribution < -0.4 is 9.47 Å². The Morgan fingerprint density at radius 3 is 2.69 bits per heavy atom. The molecule has 7 heteroatoms. The lowest BCUT2D eigenvalue weighted by Gasteiger charge is -2.11. The van der Waals surface area contributed by atoms with Gasteiger partial charge in [-0.2, -0.15) is 5.10 Å². The molecule has 0 unspecified atom stereocenters. The fraction of sp³-hybridized carbons (Fsp3) is 0.182. The fourth-order valence-electron chi connectivity index (χ4n) is 2.84. The van der Waals surface area contributed by atoms with Crippen molar-refractivity contribution in [1.82, 2.24) is 9.78 Å². The summed E-state index contributed by atoms with van der Waals surface area (Å²) in [5.41, 5.74) is 2.89. The first-order valence-corrected chi connectivity index (χ1v) is 9.23. The highest BCUT2D eigenvalue weighted by molar-refractivity contribution is 6.30. The third-order valence-electron chi connectivity index (χ3n) is 4.27. The molecule has 0 saturated carbocycles. The van der Waals surface area contributed by atoms with Crippen LogP contribution in [0.3, 0.4) is 0 Å². The summed E-state index contributed by atoms with van der Waals surface area (Å²) in [6.45, 7) is 2.03. The number of benzene rings is 2. The average Bonchev–Trinajstić information content (AvgIpc) is 3.05. The van der Waals surface area contributed by atoms with Crippen molar-refractivity contribution in [2.75, 3.05) is 7.11 Å². The third kappa shape index (κ3) is 5.03. The van der Waals surface area contributed by atoms with Crippen molar-refractivity contribution in [2.24, 2.45) is 7.05 Å². The van der Waals surface area contributed by atoms with Crippen LogP contribution in [0.4, 0.5) is 4.39 Å². The number of carbonyl (C=O) groups is 1. The average molecular weight is 415 g/mol. The van der Waals surface area contributed by atoms with Gasteiger partial charge in [0.2, 0.25) is 5.78 Å². The van der Waals surface area contributed by atoms with E-state index in [-0.39, 0.29) is 17.4 Å². The van der Waals surface area contributed by atoms with Gasteiger partial charge in [-0.15, -0.1) is 0 Å². The molecule has 29 heavy (non-hydrogen) atoms. The molecule has 2 aromatic carbocycles. The van der Waals surface area contributed by atoms with Gasteiger partial charge in [-0.05, 0) is 48.9 Å². The van der Waals surface area contributed by atoms with E-state index in [9.17, 15) is 9.18 Å². The van der Waals surface area contributed by atoms with Crippen LogP contribution in [-0.4, -0.2) is 22.7 Å². The zero-order chi connectivity index (χ0) is 21.0. The van der Waals surface area contributed by atoms with Crippen LogP contribution in [0.15, 0.2) is 48.5 Å². The summed E-state index contributed by atoms with van der Waals surface area (Å²) in [6.07, 6.45) is 3.23. The summed E-state index contributed by atoms with van der Waals surface area (Å²) in [6, 6.07) is 11.4. The molecular formula is C22H20ClFN2O3. The Hall–Kier alpha value is -3.12. The second kappa shape index (κ2) is 8.92. The number of allylic oxidation sites excluding steroid dienone is 1. The summed E-state index contributed by atoms with van der Waals surface area (Å²) in [4.78, 5) is 12.4. The molecular weight excluding hydrogens is 395 g/mol. The number of aryl methyl sites for hydroxylation is 2. The lowest BCUT2D eigenvalue weighted by Crippen LogP contribution is -2.04. The maximum absolute atomic E-state index is 13.3. The molecule has 3 aromatic rings. The monoisotopic (exact) mass is 414 g/mol. The van der Waals surface area contributed by atoms with Crippen LogP contribution in [0, 0.1) is 12.7 Å². The van der Waals surface area contributed by atoms with E-state index in [0.29, 0.717) is 17.2 Å². The number of rotatable bonds is 7. The molecule has 1 aromatic heterocycles. The van der Waals surface area contributed by atoms with E-state index in [1.807, 2.05) is 19.1 Å². The van der Waals surface area contributed by atoms with Crippen molar-refractivity contribution < 1.29 is 18.7 Å². The van der Waals surface area contributed by atoms with Gasteiger partial charge in [-0.1, -0.05) is 23.7 Å². The van der Waals surface area contributed by atoms with Crippen molar-refractivity contribution in [3.63, 3.8) is 0 Å². The number of aromatic nitrogens is 2. The van der Waals surface area contributed by atoms with Gasteiger partial charge in [0.25, 0.3) is 0 Å². The van der Waals surface area contributed by atoms with Crippen molar-refractivity contribution in [1.29, 1.82) is 0 Å². The molecule has 0 spiro atoms. The largest absolute Gasteiger partial charge is 0.496 e. The SMILES string of the molecule is COc1ccc(/C=C/C(=O)c2cc(C)nn2C)cc1COc1ccc(F)c(Cl)c1. The van der Waals surface area contributed by atoms with E-state index in [2.05, 4.69) is 5.10 Å². The normalized spacial score (nSPS) is 11.1. The Morgan fingerprint density at radius 2 is 2.03 bits per heavy atom. The number of ether oxygens (including phenoxy) is 2. The number of hydrogen-bond acceptors (Lipinski definition) is 4. The van der Waals surface area contributed by atoms with Crippen molar-refractivity contribution in [2.45, 2.75) is 13.5 Å². The number of hydrogen-bond donors (Lipinski definition) is 0. The Kier molecular flexibility index (Phi) is 6.34. The van der Waals surface area contributed by atoms with E-state index in [4.69, 9.17) is 21.1 Å². The summed E-state index contributed by atoms with van der Waals surface area (Å²) in [5.74, 6) is 0.449. The number of nitrogens with zero attached hydrogens (tertiary/aromatic N) is 2. The van der Waals surface area contributed by atoms with Gasteiger partial charge in [0.1, 0.15) is 29.6 Å². The van der Waals surface area contributed by atoms with E-state index in [1.165, 1.54) is 24.3 Å². The van der Waals surface area contributed by atoms with Crippen molar-refractivity contribution in [3.8, 4) is 11.5 Å². The Labute approximate surface area is 173 Å². The topological polar surface area (TPSA) is 53.3 Å². The number of carbonyl (C=O) groups excluding carboxylic acids is 1. The predicted molar refractivity (Wildman–Crippen MR) is 110 cm³/mol. The zero-order valence-corrected chi connectivity index (χ0v) is 17.0. The molecule has 0 fully saturated rings. The summed E-state index contributed by atoms with van der Waals surface area (Å²) < 4.78 is 25.9. The van der Waals surface area contributed by atoms with Crippen LogP contribution >= 0.6 is 11.6 Å². The van der Waals surface area contributed by atoms with Crippen LogP contribution in [0.1, 0.15) is 27.3 Å². The minimum Gasteiger partial charge on any atom is -0.496 e. The minimum absolute atomic E-state index is 0.00457. The molecule has 0 N–H and O–H groups in total. The standard InChI is InChI=1S/C22H20ClFN2O3/c1-14-10-20(26(2)25-14)21(27)8-4-15-5-9-22(28-3)16(11-15)13-29-17-6-7-19(24)18(23)12-17/h4-12H,13H2,1-3H3/b8-4+. The van der Waals surface area contributed by atoms with Gasteiger partial charge >= 0.3 is 0 Å². The van der Waals surface area contributed by atoms with E-state index >= 15 is 0 Å². The summed E-state index contributed by atoms with van der Waals surface area (Å²) in [7, 11) is 3.30. The molecule has 0 amide bonds. The first-order valence-electron chi connectivity index (χ1n) is 8.85. The maximum Gasteiger partial charge on any atom is 0.203 e. The van der Waals surface area contributed by atoms with E-state index in [0.717, 1.165) is 16.8 Å².